The first-order chi connectivity index (χ1) is 8.13. The van der Waals surface area contributed by atoms with E-state index in [4.69, 9.17) is 5.73 Å². The van der Waals surface area contributed by atoms with Gasteiger partial charge in [-0.05, 0) is 30.9 Å². The zero-order chi connectivity index (χ0) is 12.7. The molecule has 0 aliphatic carbocycles. The van der Waals surface area contributed by atoms with E-state index in [-0.39, 0.29) is 18.5 Å². The summed E-state index contributed by atoms with van der Waals surface area (Å²) < 4.78 is 0. The molecule has 0 aliphatic rings. The van der Waals surface area contributed by atoms with Gasteiger partial charge in [0.1, 0.15) is 0 Å². The van der Waals surface area contributed by atoms with Crippen LogP contribution >= 0.6 is 0 Å². The Morgan fingerprint density at radius 2 is 2.00 bits per heavy atom. The van der Waals surface area contributed by atoms with Crippen LogP contribution < -0.4 is 11.1 Å². The average molecular weight is 234 g/mol. The van der Waals surface area contributed by atoms with Crippen LogP contribution in [0.2, 0.25) is 0 Å². The van der Waals surface area contributed by atoms with Crippen LogP contribution in [0.25, 0.3) is 0 Å². The van der Waals surface area contributed by atoms with E-state index in [0.29, 0.717) is 0 Å². The van der Waals surface area contributed by atoms with Crippen LogP contribution in [0.1, 0.15) is 43.9 Å². The minimum Gasteiger partial charge on any atom is -0.369 e. The Hall–Kier alpha value is -1.35. The highest BCUT2D eigenvalue weighted by molar-refractivity contribution is 5.75. The van der Waals surface area contributed by atoms with Gasteiger partial charge in [-0.3, -0.25) is 4.79 Å². The summed E-state index contributed by atoms with van der Waals surface area (Å²) in [5.41, 5.74) is 7.66. The number of carbonyl (C=O) groups excluding carboxylic acids is 1. The maximum atomic E-state index is 10.7. The third-order valence-electron chi connectivity index (χ3n) is 2.88. The van der Waals surface area contributed by atoms with Gasteiger partial charge in [-0.1, -0.05) is 37.6 Å². The number of nitrogens with one attached hydrogen (secondary N) is 1. The Bertz CT molecular complexity index is 346. The van der Waals surface area contributed by atoms with Gasteiger partial charge in [-0.2, -0.15) is 0 Å². The van der Waals surface area contributed by atoms with Crippen LogP contribution in [0, 0.1) is 0 Å². The molecule has 17 heavy (non-hydrogen) atoms. The SMILES string of the molecule is CCCCc1ccc(C(C)NCC(N)=O)cc1. The smallest absolute Gasteiger partial charge is 0.231 e. The maximum Gasteiger partial charge on any atom is 0.231 e. The first-order valence-corrected chi connectivity index (χ1v) is 6.24. The number of aryl methyl sites for hydroxylation is 1. The number of unbranched alkanes of at least 4 members (excludes halogenated alkanes) is 1. The Labute approximate surface area is 103 Å². The molecule has 0 aromatic heterocycles. The molecule has 1 aromatic rings. The van der Waals surface area contributed by atoms with E-state index in [1.54, 1.807) is 0 Å². The van der Waals surface area contributed by atoms with Gasteiger partial charge >= 0.3 is 0 Å². The number of benzene rings is 1. The Kier molecular flexibility index (Phi) is 5.70. The predicted octanol–water partition coefficient (Wildman–Crippen LogP) is 2.17. The molecule has 1 atom stereocenters. The fourth-order valence-corrected chi connectivity index (χ4v) is 1.73. The second kappa shape index (κ2) is 7.07. The quantitative estimate of drug-likeness (QED) is 0.759. The molecule has 3 heteroatoms. The van der Waals surface area contributed by atoms with E-state index in [1.807, 2.05) is 6.92 Å². The number of amides is 1. The summed E-state index contributed by atoms with van der Waals surface area (Å²) >= 11 is 0. The number of primary amides is 1. The topological polar surface area (TPSA) is 55.1 Å². The van der Waals surface area contributed by atoms with Gasteiger partial charge in [0.05, 0.1) is 6.54 Å². The zero-order valence-electron chi connectivity index (χ0n) is 10.7. The predicted molar refractivity (Wildman–Crippen MR) is 70.7 cm³/mol. The lowest BCUT2D eigenvalue weighted by Gasteiger charge is -2.13. The molecule has 1 rings (SSSR count). The molecule has 1 amide bonds. The van der Waals surface area contributed by atoms with Crippen LogP contribution in [0.3, 0.4) is 0 Å². The lowest BCUT2D eigenvalue weighted by atomic mass is 10.0. The molecule has 3 N–H and O–H groups in total. The fourth-order valence-electron chi connectivity index (χ4n) is 1.73. The second-order valence-electron chi connectivity index (χ2n) is 4.41. The van der Waals surface area contributed by atoms with E-state index >= 15 is 0 Å². The summed E-state index contributed by atoms with van der Waals surface area (Å²) in [7, 11) is 0. The molecule has 0 aliphatic heterocycles. The molecule has 0 fully saturated rings. The highest BCUT2D eigenvalue weighted by atomic mass is 16.1. The lowest BCUT2D eigenvalue weighted by Crippen LogP contribution is -2.30. The van der Waals surface area contributed by atoms with Crippen LogP contribution in [-0.2, 0) is 11.2 Å². The van der Waals surface area contributed by atoms with Gasteiger partial charge in [0.15, 0.2) is 0 Å². The average Bonchev–Trinajstić information content (AvgIpc) is 2.34. The van der Waals surface area contributed by atoms with Crippen molar-refractivity contribution in [3.8, 4) is 0 Å². The Morgan fingerprint density at radius 1 is 1.35 bits per heavy atom. The third kappa shape index (κ3) is 5.00. The van der Waals surface area contributed by atoms with Gasteiger partial charge in [0, 0.05) is 6.04 Å². The van der Waals surface area contributed by atoms with E-state index in [1.165, 1.54) is 24.0 Å². The first-order valence-electron chi connectivity index (χ1n) is 6.24. The van der Waals surface area contributed by atoms with E-state index in [9.17, 15) is 4.79 Å². The van der Waals surface area contributed by atoms with Crippen molar-refractivity contribution in [1.82, 2.24) is 5.32 Å². The van der Waals surface area contributed by atoms with Gasteiger partial charge < -0.3 is 11.1 Å². The minimum absolute atomic E-state index is 0.155. The highest BCUT2D eigenvalue weighted by Gasteiger charge is 2.05. The summed E-state index contributed by atoms with van der Waals surface area (Å²) in [6.45, 7) is 4.45. The summed E-state index contributed by atoms with van der Waals surface area (Å²) in [6.07, 6.45) is 3.59. The molecular formula is C14H22N2O. The molecule has 0 saturated carbocycles. The van der Waals surface area contributed by atoms with E-state index in [0.717, 1.165) is 6.42 Å². The summed E-state index contributed by atoms with van der Waals surface area (Å²) in [5, 5.41) is 3.09. The number of rotatable bonds is 7. The van der Waals surface area contributed by atoms with Crippen molar-refractivity contribution in [3.63, 3.8) is 0 Å². The minimum atomic E-state index is -0.323. The molecule has 1 aromatic carbocycles. The molecular weight excluding hydrogens is 212 g/mol. The molecule has 0 bridgehead atoms. The van der Waals surface area contributed by atoms with Gasteiger partial charge in [0.25, 0.3) is 0 Å². The van der Waals surface area contributed by atoms with Crippen molar-refractivity contribution in [2.75, 3.05) is 6.54 Å². The lowest BCUT2D eigenvalue weighted by molar-refractivity contribution is -0.117. The number of hydrogen-bond acceptors (Lipinski definition) is 2. The summed E-state index contributed by atoms with van der Waals surface area (Å²) in [5.74, 6) is -0.323. The normalized spacial score (nSPS) is 12.4. The molecule has 3 nitrogen and oxygen atoms in total. The van der Waals surface area contributed by atoms with Crippen molar-refractivity contribution in [2.24, 2.45) is 5.73 Å². The van der Waals surface area contributed by atoms with Gasteiger partial charge in [-0.15, -0.1) is 0 Å². The zero-order valence-corrected chi connectivity index (χ0v) is 10.7. The van der Waals surface area contributed by atoms with Crippen molar-refractivity contribution < 1.29 is 4.79 Å². The molecule has 1 unspecified atom stereocenters. The molecule has 94 valence electrons. The van der Waals surface area contributed by atoms with Crippen LogP contribution in [0.4, 0.5) is 0 Å². The molecule has 0 saturated heterocycles. The maximum absolute atomic E-state index is 10.7. The van der Waals surface area contributed by atoms with Crippen molar-refractivity contribution >= 4 is 5.91 Å². The standard InChI is InChI=1S/C14H22N2O/c1-3-4-5-12-6-8-13(9-7-12)11(2)16-10-14(15)17/h6-9,11,16H,3-5,10H2,1-2H3,(H2,15,17). The monoisotopic (exact) mass is 234 g/mol. The molecule has 0 spiro atoms. The van der Waals surface area contributed by atoms with Crippen molar-refractivity contribution in [1.29, 1.82) is 0 Å². The first kappa shape index (κ1) is 13.7. The Morgan fingerprint density at radius 3 is 2.53 bits per heavy atom. The number of carbonyl (C=O) groups is 1. The second-order valence-corrected chi connectivity index (χ2v) is 4.41. The Balaban J connectivity index is 2.51. The fraction of sp³-hybridized carbons (Fsp3) is 0.500. The van der Waals surface area contributed by atoms with Crippen molar-refractivity contribution in [2.45, 2.75) is 39.2 Å². The van der Waals surface area contributed by atoms with Crippen molar-refractivity contribution in [3.05, 3.63) is 35.4 Å². The largest absolute Gasteiger partial charge is 0.369 e. The van der Waals surface area contributed by atoms with E-state index in [2.05, 4.69) is 36.5 Å². The molecule has 0 radical (unpaired) electrons. The van der Waals surface area contributed by atoms with Gasteiger partial charge in [0.2, 0.25) is 5.91 Å². The third-order valence-corrected chi connectivity index (χ3v) is 2.88. The highest BCUT2D eigenvalue weighted by Crippen LogP contribution is 2.14. The summed E-state index contributed by atoms with van der Waals surface area (Å²) in [6, 6.07) is 8.71. The van der Waals surface area contributed by atoms with Gasteiger partial charge in [-0.25, -0.2) is 0 Å². The number of hydrogen-bond donors (Lipinski definition) is 2. The van der Waals surface area contributed by atoms with Crippen LogP contribution in [0.5, 0.6) is 0 Å². The van der Waals surface area contributed by atoms with Crippen LogP contribution in [0.15, 0.2) is 24.3 Å². The van der Waals surface area contributed by atoms with E-state index < -0.39 is 0 Å². The van der Waals surface area contributed by atoms with Crippen LogP contribution in [-0.4, -0.2) is 12.5 Å². The summed E-state index contributed by atoms with van der Waals surface area (Å²) in [4.78, 5) is 10.7. The molecule has 0 heterocycles. The number of nitrogens with two attached hydrogens (primary N) is 1.